The first-order valence-electron chi connectivity index (χ1n) is 49.0. The molecule has 0 unspecified atom stereocenters. The predicted molar refractivity (Wildman–Crippen MR) is 583 cm³/mol. The van der Waals surface area contributed by atoms with Gasteiger partial charge in [-0.1, -0.05) is 489 Å². The average molecular weight is 1760 g/mol. The Balaban J connectivity index is 0.000000102. The van der Waals surface area contributed by atoms with Crippen LogP contribution in [0.2, 0.25) is 0 Å². The van der Waals surface area contributed by atoms with E-state index in [9.17, 15) is 0 Å². The van der Waals surface area contributed by atoms with Gasteiger partial charge in [0.2, 0.25) is 0 Å². The lowest BCUT2D eigenvalue weighted by Crippen LogP contribution is -2.16. The molecule has 0 heterocycles. The maximum Gasteiger partial charge on any atom is 0.0161 e. The molecule has 0 nitrogen and oxygen atoms in total. The summed E-state index contributed by atoms with van der Waals surface area (Å²) in [6, 6.07) is 144. The molecule has 0 spiro atoms. The first-order valence-corrected chi connectivity index (χ1v) is 49.0. The highest BCUT2D eigenvalue weighted by Gasteiger charge is 2.42. The molecule has 7 aliphatic carbocycles. The van der Waals surface area contributed by atoms with Crippen molar-refractivity contribution in [1.82, 2.24) is 0 Å². The van der Waals surface area contributed by atoms with Gasteiger partial charge < -0.3 is 0 Å². The van der Waals surface area contributed by atoms with Crippen molar-refractivity contribution in [1.29, 1.82) is 0 Å². The number of hydrogen-bond acceptors (Lipinski definition) is 0. The molecule has 0 aliphatic heterocycles. The van der Waals surface area contributed by atoms with Crippen LogP contribution in [0, 0.1) is 48.5 Å². The Morgan fingerprint density at radius 1 is 0.125 bits per heavy atom. The Labute approximate surface area is 811 Å². The highest BCUT2D eigenvalue weighted by molar-refractivity contribution is 5.90. The van der Waals surface area contributed by atoms with E-state index >= 15 is 0 Å². The van der Waals surface area contributed by atoms with Crippen LogP contribution in [0.15, 0.2) is 394 Å². The summed E-state index contributed by atoms with van der Waals surface area (Å²) in [6.07, 6.45) is 0. The number of rotatable bonds is 4. The third-order valence-corrected chi connectivity index (χ3v) is 31.2. The fourth-order valence-corrected chi connectivity index (χ4v) is 23.7. The van der Waals surface area contributed by atoms with Crippen molar-refractivity contribution in [3.8, 4) is 122 Å². The highest BCUT2D eigenvalue weighted by atomic mass is 14.5. The minimum atomic E-state index is 0.0709. The molecular weight excluding hydrogens is 1630 g/mol. The van der Waals surface area contributed by atoms with Crippen LogP contribution < -0.4 is 0 Å². The van der Waals surface area contributed by atoms with E-state index in [4.69, 9.17) is 0 Å². The Kier molecular flexibility index (Phi) is 23.7. The van der Waals surface area contributed by atoms with Gasteiger partial charge in [-0.3, -0.25) is 0 Å². The van der Waals surface area contributed by atoms with Crippen molar-refractivity contribution < 1.29 is 0 Å². The number of hydrogen-bond donors (Lipinski definition) is 0. The molecule has 0 saturated heterocycles. The third-order valence-electron chi connectivity index (χ3n) is 31.2. The average Bonchev–Trinajstić information content (AvgIpc) is 1.54. The molecule has 0 bridgehead atoms. The maximum atomic E-state index is 2.39. The zero-order valence-corrected chi connectivity index (χ0v) is 83.5. The lowest BCUT2D eigenvalue weighted by molar-refractivity contribution is 0.655. The molecule has 7 aliphatic rings. The van der Waals surface area contributed by atoms with Gasteiger partial charge in [0.05, 0.1) is 0 Å². The first-order chi connectivity index (χ1) is 65.1. The predicted octanol–water partition coefficient (Wildman–Crippen LogP) is 36.8. The lowest BCUT2D eigenvalue weighted by atomic mass is 9.80. The van der Waals surface area contributed by atoms with E-state index in [-0.39, 0.29) is 37.9 Å². The lowest BCUT2D eigenvalue weighted by Gasteiger charge is -2.23. The van der Waals surface area contributed by atoms with Crippen molar-refractivity contribution in [3.05, 3.63) is 511 Å². The summed E-state index contributed by atoms with van der Waals surface area (Å²) < 4.78 is 0. The van der Waals surface area contributed by atoms with Crippen molar-refractivity contribution in [2.75, 3.05) is 0 Å². The standard InChI is InChI=1S/4C22H20.3C16H16/c1-15-7-6-8-16(13-15)17-11-12-19-18-9-4-5-10-20(18)22(2,3)21(19)14-17;1-15-8-4-5-9-17(15)16-12-13-19-18-10-6-7-11-20(18)22(2,3)21(19)14-16;1-15-8-10-16(11-9-15)17-12-13-19-18-6-4-5-7-20(18)22(2,3)21(19)14-17;1-15-9-11-18-19-12-10-17(16-7-5-4-6-8-16)14-21(19)22(2,3)20(18)13-15;1-11-7-6-9-13-12-8-4-5-10-14(12)16(2,3)15(11)13;1-11-7-6-10-14-15(11)12-8-4-5-9-13(12)16(14,2)3;1-11-8-9-15-13(10-11)12-6-4-5-7-14(12)16(15,2)3/h4*4-14H,1-3H3;3*4-10H,1-3H3. The topological polar surface area (TPSA) is 0 Å². The molecular formula is C136H128. The molecule has 0 atom stereocenters. The summed E-state index contributed by atoms with van der Waals surface area (Å²) >= 11 is 0. The van der Waals surface area contributed by atoms with Crippen molar-refractivity contribution in [3.63, 3.8) is 0 Å². The Bertz CT molecular complexity index is 7650. The van der Waals surface area contributed by atoms with Gasteiger partial charge in [-0.2, -0.15) is 0 Å². The molecule has 0 N–H and O–H groups in total. The van der Waals surface area contributed by atoms with E-state index in [0.717, 1.165) is 0 Å². The van der Waals surface area contributed by atoms with Gasteiger partial charge in [-0.15, -0.1) is 0 Å². The molecule has 0 fully saturated rings. The Morgan fingerprint density at radius 3 is 0.882 bits per heavy atom. The quantitative estimate of drug-likeness (QED) is 0.165. The minimum Gasteiger partial charge on any atom is -0.0622 e. The molecule has 0 aromatic heterocycles. The van der Waals surface area contributed by atoms with Crippen LogP contribution in [0.5, 0.6) is 0 Å². The van der Waals surface area contributed by atoms with Gasteiger partial charge >= 0.3 is 0 Å². The zero-order chi connectivity index (χ0) is 95.3. The van der Waals surface area contributed by atoms with Crippen LogP contribution >= 0.6 is 0 Å². The summed E-state index contributed by atoms with van der Waals surface area (Å²) in [4.78, 5) is 0. The minimum absolute atomic E-state index is 0.0709. The van der Waals surface area contributed by atoms with Gasteiger partial charge in [0.15, 0.2) is 0 Å². The fourth-order valence-electron chi connectivity index (χ4n) is 23.7. The molecule has 0 heteroatoms. The molecule has 0 saturated carbocycles. The second kappa shape index (κ2) is 35.3. The zero-order valence-electron chi connectivity index (χ0n) is 83.5. The normalized spacial score (nSPS) is 14.9. The summed E-state index contributed by atoms with van der Waals surface area (Å²) in [7, 11) is 0. The summed E-state index contributed by atoms with van der Waals surface area (Å²) in [5.41, 5.74) is 60.5. The Morgan fingerprint density at radius 2 is 0.390 bits per heavy atom. The summed E-state index contributed by atoms with van der Waals surface area (Å²) in [5.74, 6) is 0. The molecule has 18 aromatic rings. The monoisotopic (exact) mass is 1760 g/mol. The Hall–Kier alpha value is -14.0. The van der Waals surface area contributed by atoms with E-state index < -0.39 is 0 Å². The second-order valence-electron chi connectivity index (χ2n) is 42.7. The first kappa shape index (κ1) is 91.1. The SMILES string of the molecule is Cc1ccc(-c2ccc3c(c2)C(C)(C)c2ccccc2-3)cc1.Cc1ccc2c(c1)-c1ccccc1C2(C)C.Cc1ccc2c(c1)C(C)(C)c1cc(-c3ccccc3)ccc1-2.Cc1cccc(-c2ccc3c(c2)C(C)(C)c2ccccc2-3)c1.Cc1cccc2c1-c1ccccc1C2(C)C.Cc1cccc2c1C(C)(C)c1ccccc1-2.Cc1ccccc1-c1ccc2c(c1)C(C)(C)c1ccccc1-2. The van der Waals surface area contributed by atoms with Gasteiger partial charge in [-0.25, -0.2) is 0 Å². The summed E-state index contributed by atoms with van der Waals surface area (Å²) in [5, 5.41) is 0. The van der Waals surface area contributed by atoms with E-state index in [1.54, 1.807) is 0 Å². The van der Waals surface area contributed by atoms with E-state index in [0.29, 0.717) is 0 Å². The van der Waals surface area contributed by atoms with Crippen molar-refractivity contribution >= 4 is 0 Å². The smallest absolute Gasteiger partial charge is 0.0161 e. The van der Waals surface area contributed by atoms with Gasteiger partial charge in [0, 0.05) is 37.9 Å². The third kappa shape index (κ3) is 16.1. The van der Waals surface area contributed by atoms with Crippen LogP contribution in [0.3, 0.4) is 0 Å². The molecule has 672 valence electrons. The van der Waals surface area contributed by atoms with E-state index in [1.165, 1.54) is 239 Å². The van der Waals surface area contributed by atoms with Gasteiger partial charge in [-0.05, 0) is 290 Å². The molecule has 0 radical (unpaired) electrons. The largest absolute Gasteiger partial charge is 0.0622 e. The second-order valence-corrected chi connectivity index (χ2v) is 42.7. The van der Waals surface area contributed by atoms with Crippen molar-refractivity contribution in [2.24, 2.45) is 0 Å². The number of fused-ring (bicyclic) bond motifs is 21. The van der Waals surface area contributed by atoms with Gasteiger partial charge in [0.1, 0.15) is 0 Å². The van der Waals surface area contributed by atoms with E-state index in [1.807, 2.05) is 0 Å². The van der Waals surface area contributed by atoms with E-state index in [2.05, 4.69) is 540 Å². The molecule has 25 rings (SSSR count). The molecule has 136 heavy (non-hydrogen) atoms. The maximum absolute atomic E-state index is 2.39. The van der Waals surface area contributed by atoms with Crippen LogP contribution in [0.25, 0.3) is 122 Å². The van der Waals surface area contributed by atoms with Gasteiger partial charge in [0.25, 0.3) is 0 Å². The number of benzene rings is 18. The van der Waals surface area contributed by atoms with Crippen LogP contribution in [0.1, 0.15) is 214 Å². The fraction of sp³-hybridized carbons (Fsp3) is 0.206. The molecule has 18 aromatic carbocycles. The van der Waals surface area contributed by atoms with Crippen molar-refractivity contribution in [2.45, 2.75) is 183 Å². The molecule has 0 amide bonds. The highest BCUT2D eigenvalue weighted by Crippen LogP contribution is 2.57. The van der Waals surface area contributed by atoms with Crippen LogP contribution in [-0.4, -0.2) is 0 Å². The van der Waals surface area contributed by atoms with Crippen LogP contribution in [-0.2, 0) is 37.9 Å². The number of aryl methyl sites for hydroxylation is 7. The van der Waals surface area contributed by atoms with Crippen LogP contribution in [0.4, 0.5) is 0 Å². The summed E-state index contributed by atoms with van der Waals surface area (Å²) in [6.45, 7) is 47.8.